The number of rotatable bonds is 8. The molecule has 0 radical (unpaired) electrons. The summed E-state index contributed by atoms with van der Waals surface area (Å²) < 4.78 is 5.91. The van der Waals surface area contributed by atoms with Gasteiger partial charge in [-0.05, 0) is 48.6 Å². The number of benzene rings is 2. The maximum atomic E-state index is 13.1. The second kappa shape index (κ2) is 10.9. The summed E-state index contributed by atoms with van der Waals surface area (Å²) in [6, 6.07) is 12.1. The number of amides is 2. The maximum absolute atomic E-state index is 13.1. The molecule has 0 heterocycles. The van der Waals surface area contributed by atoms with Crippen LogP contribution in [0.25, 0.3) is 0 Å². The van der Waals surface area contributed by atoms with E-state index < -0.39 is 6.04 Å². The number of carbonyl (C=O) groups is 2. The van der Waals surface area contributed by atoms with Gasteiger partial charge in [-0.15, -0.1) is 0 Å². The van der Waals surface area contributed by atoms with Gasteiger partial charge < -0.3 is 15.0 Å². The van der Waals surface area contributed by atoms with Crippen LogP contribution in [0.5, 0.6) is 5.75 Å². The van der Waals surface area contributed by atoms with Crippen LogP contribution in [0.15, 0.2) is 42.5 Å². The molecule has 0 spiro atoms. The summed E-state index contributed by atoms with van der Waals surface area (Å²) >= 11 is 12.1. The molecule has 0 saturated heterocycles. The minimum atomic E-state index is -0.677. The Labute approximate surface area is 194 Å². The topological polar surface area (TPSA) is 58.6 Å². The first-order chi connectivity index (χ1) is 14.5. The number of carbonyl (C=O) groups excluding carboxylic acids is 2. The molecule has 0 bridgehead atoms. The highest BCUT2D eigenvalue weighted by molar-refractivity contribution is 6.42. The molecular weight excluding hydrogens is 435 g/mol. The van der Waals surface area contributed by atoms with Gasteiger partial charge in [0.2, 0.25) is 5.91 Å². The molecule has 2 aromatic rings. The van der Waals surface area contributed by atoms with Crippen LogP contribution in [-0.4, -0.2) is 35.9 Å². The van der Waals surface area contributed by atoms with Crippen LogP contribution in [0.1, 0.15) is 45.7 Å². The number of likely N-dealkylation sites (N-methyl/N-ethyl adjacent to an activating group) is 1. The fraction of sp³-hybridized carbons (Fsp3) is 0.417. The summed E-state index contributed by atoms with van der Waals surface area (Å²) in [7, 11) is 0. The largest absolute Gasteiger partial charge is 0.483 e. The van der Waals surface area contributed by atoms with Gasteiger partial charge in [0.1, 0.15) is 11.8 Å². The average Bonchev–Trinajstić information content (AvgIpc) is 2.72. The van der Waals surface area contributed by atoms with Crippen LogP contribution < -0.4 is 10.1 Å². The minimum Gasteiger partial charge on any atom is -0.483 e. The molecule has 2 rings (SSSR count). The van der Waals surface area contributed by atoms with Crippen LogP contribution in [0.3, 0.4) is 0 Å². The van der Waals surface area contributed by atoms with Gasteiger partial charge in [0.15, 0.2) is 6.61 Å². The van der Waals surface area contributed by atoms with E-state index >= 15 is 0 Å². The van der Waals surface area contributed by atoms with Crippen molar-refractivity contribution in [2.75, 3.05) is 13.2 Å². The van der Waals surface area contributed by atoms with Gasteiger partial charge in [0.25, 0.3) is 5.91 Å². The number of para-hydroxylation sites is 1. The molecule has 31 heavy (non-hydrogen) atoms. The fourth-order valence-corrected chi connectivity index (χ4v) is 3.49. The SMILES string of the molecule is CCNC(=O)[C@H](C)N(Cc1ccc(Cl)c(Cl)c1)C(=O)COc1ccccc1C(C)(C)C. The van der Waals surface area contributed by atoms with Crippen LogP contribution in [0.2, 0.25) is 10.0 Å². The molecule has 7 heteroatoms. The average molecular weight is 465 g/mol. The van der Waals surface area contributed by atoms with E-state index in [0.29, 0.717) is 22.3 Å². The Kier molecular flexibility index (Phi) is 8.78. The van der Waals surface area contributed by atoms with Crippen molar-refractivity contribution in [2.24, 2.45) is 0 Å². The van der Waals surface area contributed by atoms with Crippen LogP contribution in [-0.2, 0) is 21.5 Å². The molecule has 5 nitrogen and oxygen atoms in total. The number of hydrogen-bond donors (Lipinski definition) is 1. The Bertz CT molecular complexity index is 925. The van der Waals surface area contributed by atoms with Crippen molar-refractivity contribution in [3.8, 4) is 5.75 Å². The van der Waals surface area contributed by atoms with Gasteiger partial charge in [-0.1, -0.05) is 68.2 Å². The third kappa shape index (κ3) is 6.88. The molecule has 1 N–H and O–H groups in total. The first-order valence-electron chi connectivity index (χ1n) is 10.3. The van der Waals surface area contributed by atoms with Gasteiger partial charge >= 0.3 is 0 Å². The number of halogens is 2. The quantitative estimate of drug-likeness (QED) is 0.582. The zero-order valence-corrected chi connectivity index (χ0v) is 20.2. The summed E-state index contributed by atoms with van der Waals surface area (Å²) in [5.74, 6) is 0.128. The third-order valence-corrected chi connectivity index (χ3v) is 5.64. The van der Waals surface area contributed by atoms with E-state index in [1.807, 2.05) is 31.2 Å². The molecular formula is C24H30Cl2N2O3. The van der Waals surface area contributed by atoms with E-state index in [2.05, 4.69) is 26.1 Å². The van der Waals surface area contributed by atoms with Crippen molar-refractivity contribution in [3.63, 3.8) is 0 Å². The van der Waals surface area contributed by atoms with Gasteiger partial charge in [-0.25, -0.2) is 0 Å². The predicted octanol–water partition coefficient (Wildman–Crippen LogP) is 5.22. The van der Waals surface area contributed by atoms with Crippen molar-refractivity contribution in [1.29, 1.82) is 0 Å². The Morgan fingerprint density at radius 1 is 1.10 bits per heavy atom. The van der Waals surface area contributed by atoms with Crippen molar-refractivity contribution in [1.82, 2.24) is 10.2 Å². The lowest BCUT2D eigenvalue weighted by molar-refractivity contribution is -0.142. The fourth-order valence-electron chi connectivity index (χ4n) is 3.17. The molecule has 0 aliphatic heterocycles. The molecule has 0 saturated carbocycles. The number of nitrogens with zero attached hydrogens (tertiary/aromatic N) is 1. The number of ether oxygens (including phenoxy) is 1. The lowest BCUT2D eigenvalue weighted by Crippen LogP contribution is -2.49. The van der Waals surface area contributed by atoms with E-state index in [9.17, 15) is 9.59 Å². The van der Waals surface area contributed by atoms with Crippen LogP contribution >= 0.6 is 23.2 Å². The first-order valence-corrected chi connectivity index (χ1v) is 11.0. The highest BCUT2D eigenvalue weighted by atomic mass is 35.5. The van der Waals surface area contributed by atoms with E-state index in [1.165, 1.54) is 4.90 Å². The smallest absolute Gasteiger partial charge is 0.261 e. The third-order valence-electron chi connectivity index (χ3n) is 4.90. The summed E-state index contributed by atoms with van der Waals surface area (Å²) in [6.07, 6.45) is 0. The van der Waals surface area contributed by atoms with E-state index in [-0.39, 0.29) is 30.4 Å². The molecule has 2 aromatic carbocycles. The Morgan fingerprint density at radius 3 is 2.39 bits per heavy atom. The van der Waals surface area contributed by atoms with E-state index in [1.54, 1.807) is 25.1 Å². The molecule has 2 amide bonds. The van der Waals surface area contributed by atoms with Crippen LogP contribution in [0.4, 0.5) is 0 Å². The summed E-state index contributed by atoms with van der Waals surface area (Å²) in [5, 5.41) is 3.60. The Hall–Kier alpha value is -2.24. The second-order valence-corrected chi connectivity index (χ2v) is 9.19. The Balaban J connectivity index is 2.24. The Morgan fingerprint density at radius 2 is 1.77 bits per heavy atom. The van der Waals surface area contributed by atoms with Crippen molar-refractivity contribution in [3.05, 3.63) is 63.6 Å². The summed E-state index contributed by atoms with van der Waals surface area (Å²) in [6.45, 7) is 10.3. The molecule has 168 valence electrons. The second-order valence-electron chi connectivity index (χ2n) is 8.38. The van der Waals surface area contributed by atoms with Gasteiger partial charge in [0, 0.05) is 13.1 Å². The first kappa shape index (κ1) is 25.0. The van der Waals surface area contributed by atoms with Crippen molar-refractivity contribution in [2.45, 2.75) is 52.6 Å². The van der Waals surface area contributed by atoms with Crippen molar-refractivity contribution < 1.29 is 14.3 Å². The maximum Gasteiger partial charge on any atom is 0.261 e. The van der Waals surface area contributed by atoms with Gasteiger partial charge in [-0.2, -0.15) is 0 Å². The van der Waals surface area contributed by atoms with Gasteiger partial charge in [-0.3, -0.25) is 9.59 Å². The predicted molar refractivity (Wildman–Crippen MR) is 126 cm³/mol. The molecule has 1 atom stereocenters. The summed E-state index contributed by atoms with van der Waals surface area (Å²) in [5.41, 5.74) is 1.65. The van der Waals surface area contributed by atoms with Crippen LogP contribution in [0, 0.1) is 0 Å². The lowest BCUT2D eigenvalue weighted by Gasteiger charge is -2.29. The highest BCUT2D eigenvalue weighted by Crippen LogP contribution is 2.31. The molecule has 0 aromatic heterocycles. The zero-order valence-electron chi connectivity index (χ0n) is 18.7. The lowest BCUT2D eigenvalue weighted by atomic mass is 9.86. The van der Waals surface area contributed by atoms with Crippen molar-refractivity contribution >= 4 is 35.0 Å². The highest BCUT2D eigenvalue weighted by Gasteiger charge is 2.27. The number of nitrogens with one attached hydrogen (secondary N) is 1. The number of hydrogen-bond acceptors (Lipinski definition) is 3. The normalized spacial score (nSPS) is 12.2. The standard InChI is InChI=1S/C24H30Cl2N2O3/c1-6-27-23(30)16(2)28(14-17-11-12-19(25)20(26)13-17)22(29)15-31-21-10-8-7-9-18(21)24(3,4)5/h7-13,16H,6,14-15H2,1-5H3,(H,27,30)/t16-/m0/s1. The molecule has 0 aliphatic carbocycles. The van der Waals surface area contributed by atoms with E-state index in [0.717, 1.165) is 11.1 Å². The summed E-state index contributed by atoms with van der Waals surface area (Å²) in [4.78, 5) is 27.1. The zero-order chi connectivity index (χ0) is 23.2. The van der Waals surface area contributed by atoms with E-state index in [4.69, 9.17) is 27.9 Å². The van der Waals surface area contributed by atoms with Gasteiger partial charge in [0.05, 0.1) is 10.0 Å². The molecule has 0 unspecified atom stereocenters. The minimum absolute atomic E-state index is 0.131. The molecule has 0 aliphatic rings. The molecule has 0 fully saturated rings. The monoisotopic (exact) mass is 464 g/mol.